The van der Waals surface area contributed by atoms with Crippen LogP contribution in [0.1, 0.15) is 22.8 Å². The van der Waals surface area contributed by atoms with Crippen molar-refractivity contribution in [2.45, 2.75) is 17.5 Å². The van der Waals surface area contributed by atoms with E-state index in [-0.39, 0.29) is 0 Å². The van der Waals surface area contributed by atoms with Gasteiger partial charge in [0, 0.05) is 9.99 Å². The predicted molar refractivity (Wildman–Crippen MR) is 84.3 cm³/mol. The van der Waals surface area contributed by atoms with Gasteiger partial charge in [-0.25, -0.2) is 0 Å². The van der Waals surface area contributed by atoms with Gasteiger partial charge in [-0.2, -0.15) is 5.26 Å². The van der Waals surface area contributed by atoms with Gasteiger partial charge in [-0.1, -0.05) is 64.6 Å². The summed E-state index contributed by atoms with van der Waals surface area (Å²) in [6.45, 7) is 2.02. The zero-order chi connectivity index (χ0) is 13.7. The molecular weight excluding hydrogens is 349 g/mol. The minimum absolute atomic E-state index is 0.561. The normalized spacial score (nSPS) is 11.6. The van der Waals surface area contributed by atoms with Gasteiger partial charge in [0.05, 0.1) is 0 Å². The molecule has 0 aromatic heterocycles. The highest BCUT2D eigenvalue weighted by atomic mass is 127. The van der Waals surface area contributed by atoms with Crippen molar-refractivity contribution in [1.82, 2.24) is 0 Å². The summed E-state index contributed by atoms with van der Waals surface area (Å²) < 4.78 is 6.65. The van der Waals surface area contributed by atoms with Crippen LogP contribution >= 0.6 is 22.6 Å². The molecule has 96 valence electrons. The first-order valence-corrected chi connectivity index (χ1v) is 7.54. The van der Waals surface area contributed by atoms with Gasteiger partial charge in [-0.05, 0) is 24.6 Å². The summed E-state index contributed by atoms with van der Waals surface area (Å²) in [5.74, 6) is 0.723. The first-order valence-electron chi connectivity index (χ1n) is 6.01. The maximum absolute atomic E-state index is 9.34. The van der Waals surface area contributed by atoms with Gasteiger partial charge in [-0.15, -0.1) is 0 Å². The van der Waals surface area contributed by atoms with Gasteiger partial charge in [0.2, 0.25) is 6.10 Å². The van der Waals surface area contributed by atoms with Gasteiger partial charge in [0.25, 0.3) is 0 Å². The molecule has 0 radical (unpaired) electrons. The lowest BCUT2D eigenvalue weighted by Crippen LogP contribution is -2.07. The van der Waals surface area contributed by atoms with E-state index in [1.807, 2.05) is 55.5 Å². The number of nitriles is 1. The Morgan fingerprint density at radius 1 is 1.16 bits per heavy atom. The average Bonchev–Trinajstić information content (AvgIpc) is 2.46. The van der Waals surface area contributed by atoms with Crippen molar-refractivity contribution in [2.24, 2.45) is 0 Å². The topological polar surface area (TPSA) is 33.0 Å². The number of aryl methyl sites for hydroxylation is 1. The molecule has 0 heterocycles. The Bertz CT molecular complexity index is 586. The second-order valence-corrected chi connectivity index (χ2v) is 5.04. The minimum atomic E-state index is -0.561. The largest absolute Gasteiger partial charge is 0.471 e. The van der Waals surface area contributed by atoms with Crippen LogP contribution in [0.15, 0.2) is 48.5 Å². The SMILES string of the molecule is Cc1ccc(OC(C#N)c2ccccc2CI)cc1. The summed E-state index contributed by atoms with van der Waals surface area (Å²) in [7, 11) is 0. The number of alkyl halides is 1. The van der Waals surface area contributed by atoms with E-state index in [2.05, 4.69) is 28.7 Å². The minimum Gasteiger partial charge on any atom is -0.471 e. The van der Waals surface area contributed by atoms with Crippen LogP contribution in [0.5, 0.6) is 5.75 Å². The summed E-state index contributed by atoms with van der Waals surface area (Å²) in [5.41, 5.74) is 3.26. The highest BCUT2D eigenvalue weighted by molar-refractivity contribution is 14.1. The number of ether oxygens (including phenoxy) is 1. The van der Waals surface area contributed by atoms with Crippen molar-refractivity contribution < 1.29 is 4.74 Å². The van der Waals surface area contributed by atoms with Crippen molar-refractivity contribution in [3.63, 3.8) is 0 Å². The van der Waals surface area contributed by atoms with Gasteiger partial charge in [-0.3, -0.25) is 0 Å². The standard InChI is InChI=1S/C16H14INO/c1-12-6-8-14(9-7-12)19-16(11-18)15-5-3-2-4-13(15)10-17/h2-9,16H,10H2,1H3. The van der Waals surface area contributed by atoms with E-state index in [0.29, 0.717) is 0 Å². The Balaban J connectivity index is 2.25. The van der Waals surface area contributed by atoms with E-state index in [1.54, 1.807) is 0 Å². The summed E-state index contributed by atoms with van der Waals surface area (Å²) >= 11 is 2.30. The van der Waals surface area contributed by atoms with Gasteiger partial charge < -0.3 is 4.74 Å². The van der Waals surface area contributed by atoms with Crippen LogP contribution in [0.3, 0.4) is 0 Å². The molecule has 1 atom stereocenters. The molecule has 2 rings (SSSR count). The van der Waals surface area contributed by atoms with Crippen LogP contribution in [-0.2, 0) is 4.43 Å². The van der Waals surface area contributed by atoms with Crippen molar-refractivity contribution >= 4 is 22.6 Å². The highest BCUT2D eigenvalue weighted by Crippen LogP contribution is 2.25. The summed E-state index contributed by atoms with van der Waals surface area (Å²) in [4.78, 5) is 0. The van der Waals surface area contributed by atoms with Crippen molar-refractivity contribution in [2.75, 3.05) is 0 Å². The summed E-state index contributed by atoms with van der Waals surface area (Å²) in [5, 5.41) is 9.34. The lowest BCUT2D eigenvalue weighted by Gasteiger charge is -2.15. The van der Waals surface area contributed by atoms with Gasteiger partial charge in [0.15, 0.2) is 0 Å². The van der Waals surface area contributed by atoms with E-state index in [4.69, 9.17) is 4.74 Å². The molecule has 0 saturated carbocycles. The Morgan fingerprint density at radius 3 is 2.47 bits per heavy atom. The van der Waals surface area contributed by atoms with Crippen LogP contribution in [0, 0.1) is 18.3 Å². The van der Waals surface area contributed by atoms with Crippen molar-refractivity contribution in [3.8, 4) is 11.8 Å². The van der Waals surface area contributed by atoms with Crippen LogP contribution in [0.2, 0.25) is 0 Å². The Morgan fingerprint density at radius 2 is 1.84 bits per heavy atom. The molecule has 2 nitrogen and oxygen atoms in total. The third-order valence-electron chi connectivity index (χ3n) is 2.87. The van der Waals surface area contributed by atoms with Crippen LogP contribution in [0.4, 0.5) is 0 Å². The van der Waals surface area contributed by atoms with Crippen molar-refractivity contribution in [3.05, 3.63) is 65.2 Å². The number of benzene rings is 2. The fraction of sp³-hybridized carbons (Fsp3) is 0.188. The number of nitrogens with zero attached hydrogens (tertiary/aromatic N) is 1. The molecule has 3 heteroatoms. The Kier molecular flexibility index (Phi) is 4.80. The summed E-state index contributed by atoms with van der Waals surface area (Å²) in [6, 6.07) is 17.9. The molecule has 2 aromatic carbocycles. The van der Waals surface area contributed by atoms with Crippen LogP contribution in [0.25, 0.3) is 0 Å². The van der Waals surface area contributed by atoms with E-state index in [1.165, 1.54) is 5.56 Å². The molecule has 2 aromatic rings. The van der Waals surface area contributed by atoms with Crippen molar-refractivity contribution in [1.29, 1.82) is 5.26 Å². The molecule has 0 amide bonds. The predicted octanol–water partition coefficient (Wildman–Crippen LogP) is 4.57. The number of rotatable bonds is 4. The summed E-state index contributed by atoms with van der Waals surface area (Å²) in [6.07, 6.45) is -0.561. The monoisotopic (exact) mass is 363 g/mol. The number of hydrogen-bond donors (Lipinski definition) is 0. The second-order valence-electron chi connectivity index (χ2n) is 4.27. The molecule has 0 spiro atoms. The van der Waals surface area contributed by atoms with E-state index >= 15 is 0 Å². The molecule has 0 N–H and O–H groups in total. The quantitative estimate of drug-likeness (QED) is 0.589. The Hall–Kier alpha value is -1.54. The lowest BCUT2D eigenvalue weighted by molar-refractivity contribution is 0.261. The first kappa shape index (κ1) is 13.9. The second kappa shape index (κ2) is 6.58. The smallest absolute Gasteiger partial charge is 0.209 e. The molecule has 19 heavy (non-hydrogen) atoms. The fourth-order valence-corrected chi connectivity index (χ4v) is 2.52. The lowest BCUT2D eigenvalue weighted by atomic mass is 10.0. The van der Waals surface area contributed by atoms with Gasteiger partial charge >= 0.3 is 0 Å². The third kappa shape index (κ3) is 3.48. The number of hydrogen-bond acceptors (Lipinski definition) is 2. The average molecular weight is 363 g/mol. The molecule has 0 saturated heterocycles. The fourth-order valence-electron chi connectivity index (χ4n) is 1.82. The Labute approximate surface area is 127 Å². The first-order chi connectivity index (χ1) is 9.24. The van der Waals surface area contributed by atoms with Crippen LogP contribution < -0.4 is 4.74 Å². The zero-order valence-electron chi connectivity index (χ0n) is 10.6. The zero-order valence-corrected chi connectivity index (χ0v) is 12.8. The van der Waals surface area contributed by atoms with Gasteiger partial charge in [0.1, 0.15) is 11.8 Å². The third-order valence-corrected chi connectivity index (χ3v) is 3.70. The van der Waals surface area contributed by atoms with Crippen LogP contribution in [-0.4, -0.2) is 0 Å². The molecule has 0 bridgehead atoms. The molecule has 0 fully saturated rings. The maximum Gasteiger partial charge on any atom is 0.209 e. The van der Waals surface area contributed by atoms with E-state index < -0.39 is 6.10 Å². The molecule has 0 aliphatic heterocycles. The molecule has 0 aliphatic rings. The molecule has 1 unspecified atom stereocenters. The maximum atomic E-state index is 9.34. The van der Waals surface area contributed by atoms with E-state index in [0.717, 1.165) is 21.3 Å². The van der Waals surface area contributed by atoms with E-state index in [9.17, 15) is 5.26 Å². The number of halogens is 1. The molecule has 0 aliphatic carbocycles. The molecular formula is C16H14INO. The highest BCUT2D eigenvalue weighted by Gasteiger charge is 2.15.